The van der Waals surface area contributed by atoms with Crippen molar-refractivity contribution >= 4 is 18.5 Å². The van der Waals surface area contributed by atoms with Gasteiger partial charge in [0.15, 0.2) is 0 Å². The summed E-state index contributed by atoms with van der Waals surface area (Å²) in [6.07, 6.45) is 1.73. The van der Waals surface area contributed by atoms with Crippen LogP contribution in [0.2, 0.25) is 0 Å². The molecule has 1 spiro atoms. The van der Waals surface area contributed by atoms with Gasteiger partial charge in [0.1, 0.15) is 5.60 Å². The van der Waals surface area contributed by atoms with Gasteiger partial charge in [-0.05, 0) is 33.6 Å². The standard InChI is InChI=1S/C13H24N2O3.ClH/c1-12(2,3)18-11(16)15-7-6-14-13(10-15)4-8-17-9-5-13;/h14H,4-10H2,1-3H3;1H. The lowest BCUT2D eigenvalue weighted by atomic mass is 9.88. The fourth-order valence-electron chi connectivity index (χ4n) is 2.54. The van der Waals surface area contributed by atoms with Gasteiger partial charge in [0, 0.05) is 38.4 Å². The summed E-state index contributed by atoms with van der Waals surface area (Å²) in [5.74, 6) is 0. The Hall–Kier alpha value is -0.520. The van der Waals surface area contributed by atoms with Crippen LogP contribution in [0, 0.1) is 0 Å². The van der Waals surface area contributed by atoms with E-state index in [2.05, 4.69) is 5.32 Å². The molecule has 5 nitrogen and oxygen atoms in total. The molecule has 0 radical (unpaired) electrons. The summed E-state index contributed by atoms with van der Waals surface area (Å²) < 4.78 is 10.8. The summed E-state index contributed by atoms with van der Waals surface area (Å²) in [5, 5.41) is 3.55. The lowest BCUT2D eigenvalue weighted by Crippen LogP contribution is -2.63. The predicted octanol–water partition coefficient (Wildman–Crippen LogP) is 1.80. The number of piperazine rings is 1. The van der Waals surface area contributed by atoms with E-state index in [-0.39, 0.29) is 24.0 Å². The molecule has 2 fully saturated rings. The molecule has 0 bridgehead atoms. The Bertz CT molecular complexity index is 306. The number of carbonyl (C=O) groups excluding carboxylic acids is 1. The molecule has 0 aromatic heterocycles. The van der Waals surface area contributed by atoms with E-state index >= 15 is 0 Å². The van der Waals surface area contributed by atoms with Gasteiger partial charge in [-0.3, -0.25) is 0 Å². The van der Waals surface area contributed by atoms with Crippen LogP contribution in [-0.2, 0) is 9.47 Å². The quantitative estimate of drug-likeness (QED) is 0.740. The van der Waals surface area contributed by atoms with E-state index in [4.69, 9.17) is 9.47 Å². The van der Waals surface area contributed by atoms with Crippen molar-refractivity contribution in [1.82, 2.24) is 10.2 Å². The molecule has 19 heavy (non-hydrogen) atoms. The summed E-state index contributed by atoms with van der Waals surface area (Å²) in [7, 11) is 0. The lowest BCUT2D eigenvalue weighted by molar-refractivity contribution is -0.0138. The number of hydrogen-bond donors (Lipinski definition) is 1. The van der Waals surface area contributed by atoms with E-state index in [0.717, 1.165) is 45.7 Å². The molecule has 0 aromatic carbocycles. The van der Waals surface area contributed by atoms with Crippen LogP contribution in [0.15, 0.2) is 0 Å². The Morgan fingerprint density at radius 3 is 2.53 bits per heavy atom. The Morgan fingerprint density at radius 1 is 1.32 bits per heavy atom. The number of nitrogens with zero attached hydrogens (tertiary/aromatic N) is 1. The molecule has 2 rings (SSSR count). The van der Waals surface area contributed by atoms with Crippen molar-refractivity contribution in [3.05, 3.63) is 0 Å². The molecule has 112 valence electrons. The molecule has 0 unspecified atom stereocenters. The van der Waals surface area contributed by atoms with E-state index in [9.17, 15) is 4.79 Å². The molecule has 2 saturated heterocycles. The minimum Gasteiger partial charge on any atom is -0.444 e. The largest absolute Gasteiger partial charge is 0.444 e. The first kappa shape index (κ1) is 16.5. The molecule has 1 N–H and O–H groups in total. The number of ether oxygens (including phenoxy) is 2. The molecular formula is C13H25ClN2O3. The van der Waals surface area contributed by atoms with Gasteiger partial charge in [-0.1, -0.05) is 0 Å². The third-order valence-electron chi connectivity index (χ3n) is 3.48. The summed E-state index contributed by atoms with van der Waals surface area (Å²) in [6.45, 7) is 9.53. The first-order valence-corrected chi connectivity index (χ1v) is 6.71. The van der Waals surface area contributed by atoms with Gasteiger partial charge in [0.25, 0.3) is 0 Å². The van der Waals surface area contributed by atoms with Gasteiger partial charge in [-0.15, -0.1) is 12.4 Å². The molecule has 2 aliphatic rings. The Kier molecular flexibility index (Phi) is 5.47. The third-order valence-corrected chi connectivity index (χ3v) is 3.48. The van der Waals surface area contributed by atoms with E-state index < -0.39 is 5.60 Å². The van der Waals surface area contributed by atoms with Crippen molar-refractivity contribution in [3.8, 4) is 0 Å². The maximum Gasteiger partial charge on any atom is 0.410 e. The summed E-state index contributed by atoms with van der Waals surface area (Å²) in [5.41, 5.74) is -0.391. The van der Waals surface area contributed by atoms with E-state index in [0.29, 0.717) is 0 Å². The third kappa shape index (κ3) is 4.51. The Balaban J connectivity index is 0.00000180. The number of hydrogen-bond acceptors (Lipinski definition) is 4. The molecule has 2 heterocycles. The maximum absolute atomic E-state index is 12.1. The van der Waals surface area contributed by atoms with Crippen molar-refractivity contribution in [2.24, 2.45) is 0 Å². The monoisotopic (exact) mass is 292 g/mol. The average Bonchev–Trinajstić information content (AvgIpc) is 2.28. The van der Waals surface area contributed by atoms with Gasteiger partial charge in [0.05, 0.1) is 0 Å². The number of carbonyl (C=O) groups is 1. The number of nitrogens with one attached hydrogen (secondary N) is 1. The van der Waals surface area contributed by atoms with Gasteiger partial charge >= 0.3 is 6.09 Å². The zero-order chi connectivity index (χ0) is 13.2. The molecular weight excluding hydrogens is 268 g/mol. The number of halogens is 1. The number of amides is 1. The normalized spacial score (nSPS) is 22.8. The topological polar surface area (TPSA) is 50.8 Å². The highest BCUT2D eigenvalue weighted by molar-refractivity contribution is 5.85. The van der Waals surface area contributed by atoms with Crippen LogP contribution >= 0.6 is 12.4 Å². The van der Waals surface area contributed by atoms with E-state index in [1.165, 1.54) is 0 Å². The highest BCUT2D eigenvalue weighted by Gasteiger charge is 2.39. The zero-order valence-corrected chi connectivity index (χ0v) is 12.8. The van der Waals surface area contributed by atoms with Gasteiger partial charge in [-0.25, -0.2) is 4.79 Å². The first-order chi connectivity index (χ1) is 8.40. The molecule has 6 heteroatoms. The Morgan fingerprint density at radius 2 is 1.95 bits per heavy atom. The van der Waals surface area contributed by atoms with Gasteiger partial charge < -0.3 is 19.7 Å². The second-order valence-electron chi connectivity index (χ2n) is 6.22. The molecule has 0 atom stereocenters. The predicted molar refractivity (Wildman–Crippen MR) is 75.8 cm³/mol. The summed E-state index contributed by atoms with van der Waals surface area (Å²) in [6, 6.07) is 0. The van der Waals surface area contributed by atoms with Crippen LogP contribution < -0.4 is 5.32 Å². The second kappa shape index (κ2) is 6.29. The van der Waals surface area contributed by atoms with Crippen molar-refractivity contribution in [2.75, 3.05) is 32.8 Å². The maximum atomic E-state index is 12.1. The van der Waals surface area contributed by atoms with Crippen molar-refractivity contribution < 1.29 is 14.3 Å². The average molecular weight is 293 g/mol. The summed E-state index contributed by atoms with van der Waals surface area (Å²) >= 11 is 0. The molecule has 0 aromatic rings. The van der Waals surface area contributed by atoms with Crippen LogP contribution in [0.4, 0.5) is 4.79 Å². The Labute approximate surface area is 121 Å². The van der Waals surface area contributed by atoms with Crippen LogP contribution in [-0.4, -0.2) is 55.0 Å². The molecule has 2 aliphatic heterocycles. The number of rotatable bonds is 0. The van der Waals surface area contributed by atoms with E-state index in [1.807, 2.05) is 25.7 Å². The lowest BCUT2D eigenvalue weighted by Gasteiger charge is -2.45. The summed E-state index contributed by atoms with van der Waals surface area (Å²) in [4.78, 5) is 13.9. The highest BCUT2D eigenvalue weighted by Crippen LogP contribution is 2.25. The second-order valence-corrected chi connectivity index (χ2v) is 6.22. The minimum atomic E-state index is -0.426. The van der Waals surface area contributed by atoms with Crippen molar-refractivity contribution in [3.63, 3.8) is 0 Å². The molecule has 1 amide bonds. The molecule has 0 saturated carbocycles. The van der Waals surface area contributed by atoms with Crippen molar-refractivity contribution in [1.29, 1.82) is 0 Å². The zero-order valence-electron chi connectivity index (χ0n) is 12.0. The fourth-order valence-corrected chi connectivity index (χ4v) is 2.54. The minimum absolute atomic E-state index is 0. The first-order valence-electron chi connectivity index (χ1n) is 6.71. The van der Waals surface area contributed by atoms with Crippen LogP contribution in [0.3, 0.4) is 0 Å². The van der Waals surface area contributed by atoms with Crippen molar-refractivity contribution in [2.45, 2.75) is 44.8 Å². The van der Waals surface area contributed by atoms with Gasteiger partial charge in [-0.2, -0.15) is 0 Å². The SMILES string of the molecule is CC(C)(C)OC(=O)N1CCNC2(CCOCC2)C1.Cl. The van der Waals surface area contributed by atoms with Crippen LogP contribution in [0.25, 0.3) is 0 Å². The van der Waals surface area contributed by atoms with Crippen LogP contribution in [0.5, 0.6) is 0 Å². The van der Waals surface area contributed by atoms with Gasteiger partial charge in [0.2, 0.25) is 0 Å². The van der Waals surface area contributed by atoms with E-state index in [1.54, 1.807) is 0 Å². The highest BCUT2D eigenvalue weighted by atomic mass is 35.5. The molecule has 0 aliphatic carbocycles. The smallest absolute Gasteiger partial charge is 0.410 e. The fraction of sp³-hybridized carbons (Fsp3) is 0.923. The van der Waals surface area contributed by atoms with Crippen LogP contribution in [0.1, 0.15) is 33.6 Å².